The van der Waals surface area contributed by atoms with E-state index in [9.17, 15) is 4.79 Å². The first-order valence-electron chi connectivity index (χ1n) is 8.59. The predicted octanol–water partition coefficient (Wildman–Crippen LogP) is 6.37. The molecular formula is C20H23ClN2O2. The van der Waals surface area contributed by atoms with Crippen molar-refractivity contribution in [2.24, 2.45) is 10.2 Å². The molecule has 0 aliphatic rings. The van der Waals surface area contributed by atoms with Crippen molar-refractivity contribution in [3.8, 4) is 5.75 Å². The van der Waals surface area contributed by atoms with Crippen LogP contribution in [0.15, 0.2) is 58.8 Å². The Hall–Kier alpha value is -2.20. The number of hydrogen-bond acceptors (Lipinski definition) is 4. The summed E-state index contributed by atoms with van der Waals surface area (Å²) in [6, 6.07) is 15.2. The molecule has 25 heavy (non-hydrogen) atoms. The number of rotatable bonds is 10. The largest absolute Gasteiger partial charge is 0.484 e. The number of aryl methyl sites for hydroxylation is 1. The molecule has 4 nitrogen and oxygen atoms in total. The SMILES string of the molecule is CCCCCCc1ccc(/N=N/c2ccc(OCC(=O)Cl)cc2)cc1. The summed E-state index contributed by atoms with van der Waals surface area (Å²) in [5, 5.41) is 7.92. The zero-order valence-corrected chi connectivity index (χ0v) is 15.2. The third kappa shape index (κ3) is 7.48. The molecule has 2 aromatic carbocycles. The van der Waals surface area contributed by atoms with E-state index in [0.717, 1.165) is 12.1 Å². The summed E-state index contributed by atoms with van der Waals surface area (Å²) >= 11 is 5.23. The number of nitrogens with zero attached hydrogens (tertiary/aromatic N) is 2. The topological polar surface area (TPSA) is 51.0 Å². The Balaban J connectivity index is 1.85. The lowest BCUT2D eigenvalue weighted by Crippen LogP contribution is -2.03. The van der Waals surface area contributed by atoms with Crippen molar-refractivity contribution < 1.29 is 9.53 Å². The van der Waals surface area contributed by atoms with Gasteiger partial charge >= 0.3 is 0 Å². The molecule has 0 atom stereocenters. The van der Waals surface area contributed by atoms with Crippen LogP contribution in [0.1, 0.15) is 38.2 Å². The fourth-order valence-corrected chi connectivity index (χ4v) is 2.40. The summed E-state index contributed by atoms with van der Waals surface area (Å²) in [6.07, 6.45) is 6.20. The minimum absolute atomic E-state index is 0.146. The lowest BCUT2D eigenvalue weighted by Gasteiger charge is -2.03. The second-order valence-corrected chi connectivity index (χ2v) is 6.24. The molecule has 0 radical (unpaired) electrons. The molecule has 0 N–H and O–H groups in total. The van der Waals surface area contributed by atoms with Gasteiger partial charge in [0, 0.05) is 0 Å². The molecule has 0 aliphatic carbocycles. The van der Waals surface area contributed by atoms with Crippen LogP contribution in [0.2, 0.25) is 0 Å². The Labute approximate surface area is 153 Å². The van der Waals surface area contributed by atoms with Crippen LogP contribution in [0.25, 0.3) is 0 Å². The van der Waals surface area contributed by atoms with Crippen molar-refractivity contribution in [3.63, 3.8) is 0 Å². The normalized spacial score (nSPS) is 11.0. The Morgan fingerprint density at radius 2 is 1.52 bits per heavy atom. The van der Waals surface area contributed by atoms with E-state index in [4.69, 9.17) is 16.3 Å². The number of unbranched alkanes of at least 4 members (excludes halogenated alkanes) is 3. The highest BCUT2D eigenvalue weighted by molar-refractivity contribution is 6.63. The lowest BCUT2D eigenvalue weighted by molar-refractivity contribution is -0.113. The fourth-order valence-electron chi connectivity index (χ4n) is 2.35. The third-order valence-electron chi connectivity index (χ3n) is 3.73. The molecule has 0 bridgehead atoms. The maximum atomic E-state index is 10.7. The van der Waals surface area contributed by atoms with Crippen molar-refractivity contribution in [1.29, 1.82) is 0 Å². The van der Waals surface area contributed by atoms with E-state index in [-0.39, 0.29) is 6.61 Å². The Morgan fingerprint density at radius 1 is 0.920 bits per heavy atom. The van der Waals surface area contributed by atoms with E-state index < -0.39 is 5.24 Å². The average molecular weight is 359 g/mol. The molecule has 2 aromatic rings. The van der Waals surface area contributed by atoms with Gasteiger partial charge in [0.15, 0.2) is 6.61 Å². The molecule has 0 saturated heterocycles. The van der Waals surface area contributed by atoms with E-state index in [1.54, 1.807) is 24.3 Å². The molecule has 5 heteroatoms. The third-order valence-corrected chi connectivity index (χ3v) is 3.83. The summed E-state index contributed by atoms with van der Waals surface area (Å²) in [5.41, 5.74) is 2.88. The fraction of sp³-hybridized carbons (Fsp3) is 0.350. The molecular weight excluding hydrogens is 336 g/mol. The van der Waals surface area contributed by atoms with E-state index in [2.05, 4.69) is 29.3 Å². The van der Waals surface area contributed by atoms with Gasteiger partial charge in [0.05, 0.1) is 11.4 Å². The molecule has 0 aromatic heterocycles. The second kappa shape index (κ2) is 10.6. The first-order chi connectivity index (χ1) is 12.2. The van der Waals surface area contributed by atoms with Crippen molar-refractivity contribution in [2.45, 2.75) is 39.0 Å². The maximum absolute atomic E-state index is 10.7. The maximum Gasteiger partial charge on any atom is 0.259 e. The van der Waals surface area contributed by atoms with Crippen molar-refractivity contribution in [3.05, 3.63) is 54.1 Å². The zero-order valence-electron chi connectivity index (χ0n) is 14.5. The van der Waals surface area contributed by atoms with E-state index in [1.807, 2.05) is 12.1 Å². The van der Waals surface area contributed by atoms with Crippen molar-refractivity contribution in [2.75, 3.05) is 6.61 Å². The highest BCUT2D eigenvalue weighted by Gasteiger charge is 1.99. The number of halogens is 1. The van der Waals surface area contributed by atoms with Gasteiger partial charge in [-0.2, -0.15) is 10.2 Å². The summed E-state index contributed by atoms with van der Waals surface area (Å²) in [7, 11) is 0. The van der Waals surface area contributed by atoms with Gasteiger partial charge in [0.25, 0.3) is 5.24 Å². The van der Waals surface area contributed by atoms with Gasteiger partial charge in [0.2, 0.25) is 0 Å². The van der Waals surface area contributed by atoms with Gasteiger partial charge in [0.1, 0.15) is 5.75 Å². The number of azo groups is 1. The monoisotopic (exact) mass is 358 g/mol. The summed E-state index contributed by atoms with van der Waals surface area (Å²) in [5.74, 6) is 0.570. The van der Waals surface area contributed by atoms with Crippen LogP contribution in [0, 0.1) is 0 Å². The molecule has 2 rings (SSSR count). The van der Waals surface area contributed by atoms with Crippen LogP contribution >= 0.6 is 11.6 Å². The highest BCUT2D eigenvalue weighted by atomic mass is 35.5. The number of hydrogen-bond donors (Lipinski definition) is 0. The van der Waals surface area contributed by atoms with Gasteiger partial charge in [-0.3, -0.25) is 4.79 Å². The minimum Gasteiger partial charge on any atom is -0.484 e. The van der Waals surface area contributed by atoms with Gasteiger partial charge in [-0.15, -0.1) is 0 Å². The quantitative estimate of drug-likeness (QED) is 0.281. The Morgan fingerprint density at radius 3 is 2.08 bits per heavy atom. The lowest BCUT2D eigenvalue weighted by atomic mass is 10.1. The van der Waals surface area contributed by atoms with Crippen LogP contribution in [-0.2, 0) is 11.2 Å². The standard InChI is InChI=1S/C20H23ClN2O2/c1-2-3-4-5-6-16-7-9-17(10-8-16)22-23-18-11-13-19(14-12-18)25-15-20(21)24/h7-14H,2-6,15H2,1H3/b23-22+. The van der Waals surface area contributed by atoms with Gasteiger partial charge in [-0.05, 0) is 66.4 Å². The number of ether oxygens (including phenoxy) is 1. The van der Waals surface area contributed by atoms with Crippen LogP contribution < -0.4 is 4.74 Å². The molecule has 0 saturated carbocycles. The molecule has 132 valence electrons. The van der Waals surface area contributed by atoms with Crippen LogP contribution in [0.3, 0.4) is 0 Å². The summed E-state index contributed by atoms with van der Waals surface area (Å²) < 4.78 is 5.19. The Bertz CT molecular complexity index is 682. The van der Waals surface area contributed by atoms with Gasteiger partial charge in [-0.1, -0.05) is 38.3 Å². The average Bonchev–Trinajstić information content (AvgIpc) is 2.63. The predicted molar refractivity (Wildman–Crippen MR) is 101 cm³/mol. The highest BCUT2D eigenvalue weighted by Crippen LogP contribution is 2.22. The van der Waals surface area contributed by atoms with Crippen molar-refractivity contribution in [1.82, 2.24) is 0 Å². The number of carbonyl (C=O) groups is 1. The van der Waals surface area contributed by atoms with Crippen LogP contribution in [0.4, 0.5) is 11.4 Å². The van der Waals surface area contributed by atoms with Crippen LogP contribution in [0.5, 0.6) is 5.75 Å². The van der Waals surface area contributed by atoms with E-state index in [1.165, 1.54) is 31.2 Å². The Kier molecular flexibility index (Phi) is 8.13. The summed E-state index contributed by atoms with van der Waals surface area (Å²) in [6.45, 7) is 2.08. The molecule has 0 amide bonds. The zero-order chi connectivity index (χ0) is 17.9. The summed E-state index contributed by atoms with van der Waals surface area (Å²) in [4.78, 5) is 10.7. The molecule has 0 spiro atoms. The van der Waals surface area contributed by atoms with Gasteiger partial charge in [-0.25, -0.2) is 0 Å². The van der Waals surface area contributed by atoms with Gasteiger partial charge < -0.3 is 4.74 Å². The second-order valence-electron chi connectivity index (χ2n) is 5.81. The molecule has 0 unspecified atom stereocenters. The molecule has 0 fully saturated rings. The number of carbonyl (C=O) groups excluding carboxylic acids is 1. The smallest absolute Gasteiger partial charge is 0.259 e. The first-order valence-corrected chi connectivity index (χ1v) is 8.97. The first kappa shape index (κ1) is 19.1. The van der Waals surface area contributed by atoms with E-state index in [0.29, 0.717) is 11.4 Å². The van der Waals surface area contributed by atoms with E-state index >= 15 is 0 Å². The van der Waals surface area contributed by atoms with Crippen molar-refractivity contribution >= 4 is 28.2 Å². The number of benzene rings is 2. The molecule has 0 aliphatic heterocycles. The molecule has 0 heterocycles. The van der Waals surface area contributed by atoms with Crippen LogP contribution in [-0.4, -0.2) is 11.8 Å². The minimum atomic E-state index is -0.530.